The van der Waals surface area contributed by atoms with E-state index in [0.717, 1.165) is 24.4 Å². The first-order valence-electron chi connectivity index (χ1n) is 7.52. The lowest BCUT2D eigenvalue weighted by Gasteiger charge is -2.07. The van der Waals surface area contributed by atoms with Crippen LogP contribution in [-0.2, 0) is 6.54 Å². The van der Waals surface area contributed by atoms with Gasteiger partial charge in [0.15, 0.2) is 0 Å². The summed E-state index contributed by atoms with van der Waals surface area (Å²) in [6.45, 7) is 6.00. The number of nitrogens with one attached hydrogen (secondary N) is 1. The second-order valence-corrected chi connectivity index (χ2v) is 5.69. The maximum Gasteiger partial charge on any atom is 0.123 e. The Kier molecular flexibility index (Phi) is 7.91. The van der Waals surface area contributed by atoms with E-state index in [-0.39, 0.29) is 5.82 Å². The van der Waals surface area contributed by atoms with Crippen LogP contribution in [0.15, 0.2) is 18.2 Å². The maximum absolute atomic E-state index is 13.1. The Morgan fingerprint density at radius 2 is 1.95 bits per heavy atom. The van der Waals surface area contributed by atoms with Crippen molar-refractivity contribution in [3.05, 3.63) is 35.1 Å². The lowest BCUT2D eigenvalue weighted by atomic mass is 10.0. The highest BCUT2D eigenvalue weighted by molar-refractivity contribution is 5.37. The third-order valence-electron chi connectivity index (χ3n) is 3.39. The Hall–Kier alpha value is -1.40. The molecule has 0 heterocycles. The molecule has 1 aromatic rings. The van der Waals surface area contributed by atoms with E-state index in [1.54, 1.807) is 0 Å². The van der Waals surface area contributed by atoms with Crippen molar-refractivity contribution in [2.75, 3.05) is 6.54 Å². The Morgan fingerprint density at radius 3 is 2.65 bits per heavy atom. The quantitative estimate of drug-likeness (QED) is 0.679. The van der Waals surface area contributed by atoms with Crippen LogP contribution in [-0.4, -0.2) is 6.54 Å². The predicted octanol–water partition coefficient (Wildman–Crippen LogP) is 4.39. The van der Waals surface area contributed by atoms with E-state index in [1.807, 2.05) is 0 Å². The zero-order chi connectivity index (χ0) is 14.8. The van der Waals surface area contributed by atoms with Crippen LogP contribution in [0, 0.1) is 23.1 Å². The third kappa shape index (κ3) is 6.68. The van der Waals surface area contributed by atoms with Crippen molar-refractivity contribution < 1.29 is 4.39 Å². The fraction of sp³-hybridized carbons (Fsp3) is 0.588. The second-order valence-electron chi connectivity index (χ2n) is 5.69. The highest BCUT2D eigenvalue weighted by Gasteiger charge is 2.03. The summed E-state index contributed by atoms with van der Waals surface area (Å²) in [6, 6.07) is 6.40. The molecule has 0 aromatic heterocycles. The van der Waals surface area contributed by atoms with Crippen molar-refractivity contribution in [2.24, 2.45) is 5.92 Å². The van der Waals surface area contributed by atoms with E-state index in [4.69, 9.17) is 5.26 Å². The lowest BCUT2D eigenvalue weighted by molar-refractivity contribution is 0.512. The number of rotatable bonds is 9. The summed E-state index contributed by atoms with van der Waals surface area (Å²) in [7, 11) is 0. The van der Waals surface area contributed by atoms with E-state index in [0.29, 0.717) is 12.1 Å². The molecule has 0 unspecified atom stereocenters. The average Bonchev–Trinajstić information content (AvgIpc) is 2.41. The molecule has 110 valence electrons. The van der Waals surface area contributed by atoms with Crippen LogP contribution >= 0.6 is 0 Å². The van der Waals surface area contributed by atoms with Crippen molar-refractivity contribution in [3.63, 3.8) is 0 Å². The molecular formula is C17H25FN2. The van der Waals surface area contributed by atoms with Gasteiger partial charge in [0.1, 0.15) is 5.82 Å². The van der Waals surface area contributed by atoms with E-state index in [1.165, 1.54) is 43.9 Å². The van der Waals surface area contributed by atoms with Gasteiger partial charge in [-0.2, -0.15) is 5.26 Å². The Labute approximate surface area is 122 Å². The molecule has 1 aromatic carbocycles. The Morgan fingerprint density at radius 1 is 1.20 bits per heavy atom. The second kappa shape index (κ2) is 9.50. The molecule has 0 fully saturated rings. The van der Waals surface area contributed by atoms with Gasteiger partial charge in [0, 0.05) is 6.54 Å². The van der Waals surface area contributed by atoms with Crippen LogP contribution in [0.4, 0.5) is 4.39 Å². The number of nitrogens with zero attached hydrogens (tertiary/aromatic N) is 1. The van der Waals surface area contributed by atoms with Gasteiger partial charge in [-0.25, -0.2) is 4.39 Å². The van der Waals surface area contributed by atoms with Crippen LogP contribution in [0.25, 0.3) is 0 Å². The summed E-state index contributed by atoms with van der Waals surface area (Å²) < 4.78 is 13.1. The first-order chi connectivity index (χ1) is 9.63. The number of unbranched alkanes of at least 4 members (excludes halogenated alkanes) is 3. The van der Waals surface area contributed by atoms with Crippen LogP contribution in [0.2, 0.25) is 0 Å². The Balaban J connectivity index is 2.16. The van der Waals surface area contributed by atoms with E-state index in [2.05, 4.69) is 25.2 Å². The minimum Gasteiger partial charge on any atom is -0.313 e. The van der Waals surface area contributed by atoms with Gasteiger partial charge in [-0.3, -0.25) is 0 Å². The van der Waals surface area contributed by atoms with Crippen LogP contribution in [0.1, 0.15) is 57.1 Å². The largest absolute Gasteiger partial charge is 0.313 e. The summed E-state index contributed by atoms with van der Waals surface area (Å²) in [4.78, 5) is 0. The molecule has 1 N–H and O–H groups in total. The molecule has 1 rings (SSSR count). The first kappa shape index (κ1) is 16.7. The molecular weight excluding hydrogens is 251 g/mol. The van der Waals surface area contributed by atoms with Crippen molar-refractivity contribution in [1.29, 1.82) is 5.26 Å². The molecule has 0 aliphatic carbocycles. The van der Waals surface area contributed by atoms with Crippen molar-refractivity contribution in [1.82, 2.24) is 5.32 Å². The van der Waals surface area contributed by atoms with Crippen molar-refractivity contribution in [3.8, 4) is 6.07 Å². The summed E-state index contributed by atoms with van der Waals surface area (Å²) >= 11 is 0. The SMILES string of the molecule is CC(C)CCCCCCNCc1cc(F)ccc1C#N. The van der Waals surface area contributed by atoms with Crippen LogP contribution in [0.5, 0.6) is 0 Å². The summed E-state index contributed by atoms with van der Waals surface area (Å²) in [5.74, 6) is 0.514. The smallest absolute Gasteiger partial charge is 0.123 e. The minimum atomic E-state index is -0.283. The van der Waals surface area contributed by atoms with Gasteiger partial charge >= 0.3 is 0 Å². The van der Waals surface area contributed by atoms with Crippen molar-refractivity contribution in [2.45, 2.75) is 52.5 Å². The fourth-order valence-electron chi connectivity index (χ4n) is 2.20. The monoisotopic (exact) mass is 276 g/mol. The summed E-state index contributed by atoms with van der Waals surface area (Å²) in [5, 5.41) is 12.2. The van der Waals surface area contributed by atoms with Crippen LogP contribution < -0.4 is 5.32 Å². The molecule has 0 atom stereocenters. The van der Waals surface area contributed by atoms with Gasteiger partial charge in [-0.1, -0.05) is 39.5 Å². The predicted molar refractivity (Wildman–Crippen MR) is 80.7 cm³/mol. The molecule has 0 aliphatic rings. The lowest BCUT2D eigenvalue weighted by Crippen LogP contribution is -2.15. The number of halogens is 1. The number of benzene rings is 1. The molecule has 0 saturated heterocycles. The van der Waals surface area contributed by atoms with E-state index >= 15 is 0 Å². The zero-order valence-corrected chi connectivity index (χ0v) is 12.6. The maximum atomic E-state index is 13.1. The highest BCUT2D eigenvalue weighted by atomic mass is 19.1. The molecule has 0 aliphatic heterocycles. The molecule has 0 saturated carbocycles. The zero-order valence-electron chi connectivity index (χ0n) is 12.6. The summed E-state index contributed by atoms with van der Waals surface area (Å²) in [5.41, 5.74) is 1.29. The Bertz CT molecular complexity index is 435. The van der Waals surface area contributed by atoms with E-state index < -0.39 is 0 Å². The van der Waals surface area contributed by atoms with E-state index in [9.17, 15) is 4.39 Å². The molecule has 2 nitrogen and oxygen atoms in total. The molecule has 20 heavy (non-hydrogen) atoms. The van der Waals surface area contributed by atoms with Gasteiger partial charge in [0.2, 0.25) is 0 Å². The van der Waals surface area contributed by atoms with Gasteiger partial charge < -0.3 is 5.32 Å². The van der Waals surface area contributed by atoms with Crippen LogP contribution in [0.3, 0.4) is 0 Å². The van der Waals surface area contributed by atoms with Gasteiger partial charge in [-0.15, -0.1) is 0 Å². The topological polar surface area (TPSA) is 35.8 Å². The van der Waals surface area contributed by atoms with Crippen molar-refractivity contribution >= 4 is 0 Å². The molecule has 0 bridgehead atoms. The van der Waals surface area contributed by atoms with Gasteiger partial charge in [-0.05, 0) is 42.6 Å². The molecule has 0 radical (unpaired) electrons. The number of hydrogen-bond donors (Lipinski definition) is 1. The van der Waals surface area contributed by atoms with Gasteiger partial charge in [0.05, 0.1) is 11.6 Å². The minimum absolute atomic E-state index is 0.283. The third-order valence-corrected chi connectivity index (χ3v) is 3.39. The average molecular weight is 276 g/mol. The summed E-state index contributed by atoms with van der Waals surface area (Å²) in [6.07, 6.45) is 6.26. The fourth-order valence-corrected chi connectivity index (χ4v) is 2.20. The van der Waals surface area contributed by atoms with Gasteiger partial charge in [0.25, 0.3) is 0 Å². The number of nitriles is 1. The molecule has 0 amide bonds. The molecule has 0 spiro atoms. The number of hydrogen-bond acceptors (Lipinski definition) is 2. The highest BCUT2D eigenvalue weighted by Crippen LogP contribution is 2.11. The standard InChI is InChI=1S/C17H25FN2/c1-14(2)7-5-3-4-6-10-20-13-16-11-17(18)9-8-15(16)12-19/h8-9,11,14,20H,3-7,10,13H2,1-2H3. The first-order valence-corrected chi connectivity index (χ1v) is 7.52. The normalized spacial score (nSPS) is 10.8. The molecule has 3 heteroatoms.